The maximum atomic E-state index is 13.1. The van der Waals surface area contributed by atoms with E-state index in [2.05, 4.69) is 97.2 Å². The molecule has 3 aromatic heterocycles. The van der Waals surface area contributed by atoms with Gasteiger partial charge in [-0.3, -0.25) is 4.79 Å². The van der Waals surface area contributed by atoms with Crippen LogP contribution >= 0.6 is 0 Å². The van der Waals surface area contributed by atoms with Crippen molar-refractivity contribution in [2.75, 3.05) is 6.54 Å². The van der Waals surface area contributed by atoms with Crippen LogP contribution in [0.4, 0.5) is 0 Å². The second kappa shape index (κ2) is 8.22. The number of hydrogen-bond donors (Lipinski definition) is 2. The topological polar surface area (TPSA) is 62.7 Å². The quantitative estimate of drug-likeness (QED) is 0.291. The number of nitrogens with zero attached hydrogens (tertiary/aromatic N) is 2. The van der Waals surface area contributed by atoms with Crippen LogP contribution in [0, 0.1) is 32.1 Å². The van der Waals surface area contributed by atoms with Gasteiger partial charge in [0.05, 0.1) is 5.52 Å². The molecule has 3 heterocycles. The highest BCUT2D eigenvalue weighted by molar-refractivity contribution is 6.08. The number of carbonyl (C=O) groups excluding carboxylic acids is 1. The molecule has 2 N–H and O–H groups in total. The molecule has 0 saturated heterocycles. The maximum absolute atomic E-state index is 13.1. The van der Waals surface area contributed by atoms with Crippen LogP contribution in [0.3, 0.4) is 0 Å². The first-order chi connectivity index (χ1) is 17.3. The van der Waals surface area contributed by atoms with Crippen molar-refractivity contribution in [3.8, 4) is 0 Å². The number of H-pyrrole nitrogens is 1. The van der Waals surface area contributed by atoms with Crippen molar-refractivity contribution < 1.29 is 4.79 Å². The molecule has 1 aliphatic carbocycles. The lowest BCUT2D eigenvalue weighted by Gasteiger charge is -2.10. The molecule has 0 radical (unpaired) electrons. The van der Waals surface area contributed by atoms with E-state index in [-0.39, 0.29) is 11.3 Å². The molecule has 5 heteroatoms. The largest absolute Gasteiger partial charge is 0.358 e. The van der Waals surface area contributed by atoms with Gasteiger partial charge in [-0.05, 0) is 67.3 Å². The highest BCUT2D eigenvalue weighted by Gasteiger charge is 2.59. The van der Waals surface area contributed by atoms with Gasteiger partial charge in [0.1, 0.15) is 5.65 Å². The number of aromatic nitrogens is 3. The van der Waals surface area contributed by atoms with E-state index in [1.807, 2.05) is 6.92 Å². The highest BCUT2D eigenvalue weighted by Crippen LogP contribution is 2.67. The number of para-hydroxylation sites is 2. The molecular formula is C31H34N4O. The summed E-state index contributed by atoms with van der Waals surface area (Å²) < 4.78 is 2.25. The van der Waals surface area contributed by atoms with Crippen molar-refractivity contribution in [1.29, 1.82) is 0 Å². The molecule has 0 spiro atoms. The maximum Gasteiger partial charge on any atom is 0.220 e. The Bertz CT molecular complexity index is 1640. The first kappa shape index (κ1) is 22.8. The number of nitrogens with one attached hydrogen (secondary N) is 2. The number of pyridine rings is 1. The summed E-state index contributed by atoms with van der Waals surface area (Å²) >= 11 is 0. The van der Waals surface area contributed by atoms with E-state index in [0.29, 0.717) is 31.3 Å². The van der Waals surface area contributed by atoms with Crippen LogP contribution in [-0.4, -0.2) is 27.0 Å². The van der Waals surface area contributed by atoms with Gasteiger partial charge in [-0.15, -0.1) is 0 Å². The minimum atomic E-state index is 0.110. The van der Waals surface area contributed by atoms with E-state index in [9.17, 15) is 4.79 Å². The zero-order valence-electron chi connectivity index (χ0n) is 21.8. The van der Waals surface area contributed by atoms with Crippen molar-refractivity contribution in [3.63, 3.8) is 0 Å². The standard InChI is InChI=1S/C31H34N4O/c1-18-16-19(2)33-30-27(18)22-11-7-9-13-25(22)35(30)15-14-32-26(36)17-23-29(31(23,4)5)28-20(3)34-24-12-8-6-10-21(24)28/h6-13,16,23,29,34H,14-15,17H2,1-5H3,(H,32,36)/t23-,29-/m0/s1. The Hall–Kier alpha value is -3.60. The lowest BCUT2D eigenvalue weighted by molar-refractivity contribution is -0.121. The Morgan fingerprint density at radius 3 is 2.58 bits per heavy atom. The predicted molar refractivity (Wildman–Crippen MR) is 147 cm³/mol. The molecule has 5 aromatic rings. The van der Waals surface area contributed by atoms with Crippen LogP contribution in [0.15, 0.2) is 54.6 Å². The van der Waals surface area contributed by atoms with E-state index in [1.54, 1.807) is 0 Å². The summed E-state index contributed by atoms with van der Waals surface area (Å²) in [6, 6.07) is 19.1. The summed E-state index contributed by atoms with van der Waals surface area (Å²) in [7, 11) is 0. The molecule has 1 fully saturated rings. The van der Waals surface area contributed by atoms with Crippen LogP contribution in [0.5, 0.6) is 0 Å². The van der Waals surface area contributed by atoms with E-state index in [1.165, 1.54) is 44.0 Å². The predicted octanol–water partition coefficient (Wildman–Crippen LogP) is 6.54. The lowest BCUT2D eigenvalue weighted by atomic mass is 10.0. The van der Waals surface area contributed by atoms with Crippen LogP contribution in [0.1, 0.15) is 48.7 Å². The van der Waals surface area contributed by atoms with Gasteiger partial charge in [-0.25, -0.2) is 4.98 Å². The van der Waals surface area contributed by atoms with E-state index in [0.717, 1.165) is 11.3 Å². The monoisotopic (exact) mass is 478 g/mol. The van der Waals surface area contributed by atoms with Crippen LogP contribution in [-0.2, 0) is 11.3 Å². The summed E-state index contributed by atoms with van der Waals surface area (Å²) in [6.07, 6.45) is 0.556. The molecule has 1 amide bonds. The fraction of sp³-hybridized carbons (Fsp3) is 0.355. The number of aromatic amines is 1. The van der Waals surface area contributed by atoms with Gasteiger partial charge in [-0.1, -0.05) is 50.2 Å². The number of fused-ring (bicyclic) bond motifs is 4. The molecule has 6 rings (SSSR count). The fourth-order valence-corrected chi connectivity index (χ4v) is 6.58. The number of aryl methyl sites for hydroxylation is 3. The zero-order chi connectivity index (χ0) is 25.2. The smallest absolute Gasteiger partial charge is 0.220 e. The molecule has 0 aliphatic heterocycles. The molecule has 0 bridgehead atoms. The van der Waals surface area contributed by atoms with Crippen LogP contribution in [0.25, 0.3) is 32.8 Å². The van der Waals surface area contributed by atoms with Gasteiger partial charge in [-0.2, -0.15) is 0 Å². The number of rotatable bonds is 6. The summed E-state index contributed by atoms with van der Waals surface area (Å²) in [6.45, 7) is 12.2. The Labute approximate surface area is 211 Å². The molecular weight excluding hydrogens is 444 g/mol. The second-order valence-electron chi connectivity index (χ2n) is 11.1. The van der Waals surface area contributed by atoms with Crippen LogP contribution < -0.4 is 5.32 Å². The Morgan fingerprint density at radius 2 is 1.78 bits per heavy atom. The third-order valence-electron chi connectivity index (χ3n) is 8.41. The number of hydrogen-bond acceptors (Lipinski definition) is 2. The van der Waals surface area contributed by atoms with Crippen molar-refractivity contribution in [3.05, 3.63) is 77.1 Å². The zero-order valence-corrected chi connectivity index (χ0v) is 21.8. The summed E-state index contributed by atoms with van der Waals surface area (Å²) in [5.74, 6) is 0.872. The first-order valence-corrected chi connectivity index (χ1v) is 13.0. The Morgan fingerprint density at radius 1 is 1.06 bits per heavy atom. The average molecular weight is 479 g/mol. The average Bonchev–Trinajstić information content (AvgIpc) is 3.10. The number of amides is 1. The fourth-order valence-electron chi connectivity index (χ4n) is 6.58. The molecule has 1 saturated carbocycles. The van der Waals surface area contributed by atoms with Crippen molar-refractivity contribution in [1.82, 2.24) is 19.9 Å². The van der Waals surface area contributed by atoms with Gasteiger partial charge < -0.3 is 14.9 Å². The third-order valence-corrected chi connectivity index (χ3v) is 8.41. The summed E-state index contributed by atoms with van der Waals surface area (Å²) in [5.41, 5.74) is 8.33. The van der Waals surface area contributed by atoms with Crippen molar-refractivity contribution >= 4 is 38.7 Å². The Balaban J connectivity index is 1.18. The SMILES string of the molecule is Cc1cc(C)c2c3ccccc3n(CCNC(=O)C[C@H]3[C@@H](c4c(C)[nH]c5ccccc45)C3(C)C)c2n1. The van der Waals surface area contributed by atoms with Crippen molar-refractivity contribution in [2.45, 2.75) is 53.5 Å². The molecule has 2 atom stereocenters. The molecule has 1 aliphatic rings. The molecule has 5 nitrogen and oxygen atoms in total. The van der Waals surface area contributed by atoms with Crippen molar-refractivity contribution in [2.24, 2.45) is 11.3 Å². The molecule has 36 heavy (non-hydrogen) atoms. The lowest BCUT2D eigenvalue weighted by Crippen LogP contribution is -2.27. The number of carbonyl (C=O) groups is 1. The molecule has 2 aromatic carbocycles. The Kier molecular flexibility index (Phi) is 5.22. The third kappa shape index (κ3) is 3.52. The summed E-state index contributed by atoms with van der Waals surface area (Å²) in [5, 5.41) is 6.93. The summed E-state index contributed by atoms with van der Waals surface area (Å²) in [4.78, 5) is 21.5. The van der Waals surface area contributed by atoms with E-state index < -0.39 is 0 Å². The second-order valence-corrected chi connectivity index (χ2v) is 11.1. The van der Waals surface area contributed by atoms with Gasteiger partial charge in [0.25, 0.3) is 0 Å². The van der Waals surface area contributed by atoms with E-state index >= 15 is 0 Å². The van der Waals surface area contributed by atoms with Gasteiger partial charge >= 0.3 is 0 Å². The normalized spacial score (nSPS) is 18.8. The molecule has 0 unspecified atom stereocenters. The van der Waals surface area contributed by atoms with Gasteiger partial charge in [0.15, 0.2) is 0 Å². The highest BCUT2D eigenvalue weighted by atomic mass is 16.1. The van der Waals surface area contributed by atoms with Gasteiger partial charge in [0.2, 0.25) is 5.91 Å². The molecule has 184 valence electrons. The first-order valence-electron chi connectivity index (χ1n) is 13.0. The number of benzene rings is 2. The van der Waals surface area contributed by atoms with Crippen LogP contribution in [0.2, 0.25) is 0 Å². The minimum Gasteiger partial charge on any atom is -0.358 e. The van der Waals surface area contributed by atoms with E-state index in [4.69, 9.17) is 4.98 Å². The minimum absolute atomic E-state index is 0.110. The van der Waals surface area contributed by atoms with Gasteiger partial charge in [0, 0.05) is 52.6 Å².